The van der Waals surface area contributed by atoms with Crippen molar-refractivity contribution in [3.63, 3.8) is 0 Å². The Hall–Kier alpha value is -1.60. The zero-order chi connectivity index (χ0) is 21.2. The minimum atomic E-state index is -3.65. The minimum Gasteiger partial charge on any atom is -0.326 e. The Bertz CT molecular complexity index is 1000. The summed E-state index contributed by atoms with van der Waals surface area (Å²) < 4.78 is 27.3. The number of carbonyl (C=O) groups is 1. The van der Waals surface area contributed by atoms with E-state index in [4.69, 9.17) is 23.2 Å². The van der Waals surface area contributed by atoms with Crippen molar-refractivity contribution < 1.29 is 13.2 Å². The number of nitrogens with one attached hydrogen (secondary N) is 1. The van der Waals surface area contributed by atoms with Gasteiger partial charge in [-0.3, -0.25) is 4.79 Å². The number of anilines is 1. The monoisotopic (exact) mass is 454 g/mol. The zero-order valence-electron chi connectivity index (χ0n) is 16.4. The number of piperidine rings is 1. The average molecular weight is 455 g/mol. The summed E-state index contributed by atoms with van der Waals surface area (Å²) >= 11 is 12.3. The van der Waals surface area contributed by atoms with Gasteiger partial charge in [0.1, 0.15) is 0 Å². The third-order valence-electron chi connectivity index (χ3n) is 5.31. The highest BCUT2D eigenvalue weighted by Crippen LogP contribution is 2.29. The van der Waals surface area contributed by atoms with Gasteiger partial charge in [-0.15, -0.1) is 0 Å². The summed E-state index contributed by atoms with van der Waals surface area (Å²) in [6.07, 6.45) is 1.27. The van der Waals surface area contributed by atoms with Gasteiger partial charge in [0.25, 0.3) is 0 Å². The predicted octanol–water partition coefficient (Wildman–Crippen LogP) is 4.79. The van der Waals surface area contributed by atoms with E-state index in [0.29, 0.717) is 35.0 Å². The fraction of sp³-hybridized carbons (Fsp3) is 0.381. The quantitative estimate of drug-likeness (QED) is 0.705. The number of carbonyl (C=O) groups excluding carboxylic acids is 1. The van der Waals surface area contributed by atoms with Crippen molar-refractivity contribution in [1.29, 1.82) is 0 Å². The molecule has 1 atom stereocenters. The van der Waals surface area contributed by atoms with Gasteiger partial charge in [-0.1, -0.05) is 35.3 Å². The van der Waals surface area contributed by atoms with E-state index >= 15 is 0 Å². The second kappa shape index (κ2) is 9.04. The first-order chi connectivity index (χ1) is 13.7. The van der Waals surface area contributed by atoms with Crippen LogP contribution >= 0.6 is 23.2 Å². The maximum Gasteiger partial charge on any atom is 0.228 e. The lowest BCUT2D eigenvalue weighted by atomic mass is 9.98. The number of amides is 1. The van der Waals surface area contributed by atoms with Gasteiger partial charge >= 0.3 is 0 Å². The maximum absolute atomic E-state index is 12.9. The van der Waals surface area contributed by atoms with Gasteiger partial charge in [0, 0.05) is 34.4 Å². The van der Waals surface area contributed by atoms with Crippen LogP contribution in [0.5, 0.6) is 0 Å². The van der Waals surface area contributed by atoms with E-state index in [1.807, 2.05) is 32.0 Å². The molecule has 1 fully saturated rings. The summed E-state index contributed by atoms with van der Waals surface area (Å²) in [7, 11) is -3.65. The molecule has 0 saturated carbocycles. The molecule has 156 valence electrons. The fourth-order valence-electron chi connectivity index (χ4n) is 3.42. The van der Waals surface area contributed by atoms with Gasteiger partial charge in [0.2, 0.25) is 15.9 Å². The van der Waals surface area contributed by atoms with Crippen LogP contribution in [0.25, 0.3) is 0 Å². The second-order valence-electron chi connectivity index (χ2n) is 7.44. The van der Waals surface area contributed by atoms with Crippen LogP contribution in [0, 0.1) is 19.8 Å². The standard InChI is InChI=1S/C21H24Cl2N2O3S/c1-14-8-9-17(11-15(14)2)24-21(26)16-5-4-10-25(12-16)29(27,28)13-18-19(22)6-3-7-20(18)23/h3,6-9,11,16H,4-5,10,12-13H2,1-2H3,(H,24,26). The molecule has 0 bridgehead atoms. The number of sulfonamides is 1. The number of hydrogen-bond donors (Lipinski definition) is 1. The summed E-state index contributed by atoms with van der Waals surface area (Å²) in [6.45, 7) is 4.54. The highest BCUT2D eigenvalue weighted by molar-refractivity contribution is 7.88. The molecule has 1 saturated heterocycles. The number of nitrogens with zero attached hydrogens (tertiary/aromatic N) is 1. The van der Waals surface area contributed by atoms with Crippen LogP contribution in [0.2, 0.25) is 10.0 Å². The van der Waals surface area contributed by atoms with E-state index < -0.39 is 15.9 Å². The Morgan fingerprint density at radius 1 is 1.14 bits per heavy atom. The molecule has 0 aliphatic carbocycles. The first-order valence-electron chi connectivity index (χ1n) is 9.46. The van der Waals surface area contributed by atoms with Gasteiger partial charge in [-0.2, -0.15) is 0 Å². The van der Waals surface area contributed by atoms with Crippen molar-refractivity contribution >= 4 is 44.8 Å². The van der Waals surface area contributed by atoms with Crippen LogP contribution in [-0.2, 0) is 20.6 Å². The molecule has 1 N–H and O–H groups in total. The molecular formula is C21H24Cl2N2O3S. The molecule has 0 spiro atoms. The highest BCUT2D eigenvalue weighted by Gasteiger charge is 2.33. The Morgan fingerprint density at radius 2 is 1.83 bits per heavy atom. The van der Waals surface area contributed by atoms with Crippen LogP contribution in [0.15, 0.2) is 36.4 Å². The third-order valence-corrected chi connectivity index (χ3v) is 7.79. The largest absolute Gasteiger partial charge is 0.326 e. The van der Waals surface area contributed by atoms with E-state index in [-0.39, 0.29) is 18.2 Å². The molecule has 29 heavy (non-hydrogen) atoms. The van der Waals surface area contributed by atoms with E-state index in [1.54, 1.807) is 18.2 Å². The molecule has 8 heteroatoms. The molecule has 1 aliphatic heterocycles. The van der Waals surface area contributed by atoms with Crippen LogP contribution in [-0.4, -0.2) is 31.7 Å². The van der Waals surface area contributed by atoms with Crippen molar-refractivity contribution in [3.8, 4) is 0 Å². The van der Waals surface area contributed by atoms with Crippen molar-refractivity contribution in [1.82, 2.24) is 4.31 Å². The highest BCUT2D eigenvalue weighted by atomic mass is 35.5. The van der Waals surface area contributed by atoms with Crippen molar-refractivity contribution in [2.75, 3.05) is 18.4 Å². The normalized spacial score (nSPS) is 17.9. The molecule has 1 unspecified atom stereocenters. The van der Waals surface area contributed by atoms with Gasteiger partial charge < -0.3 is 5.32 Å². The lowest BCUT2D eigenvalue weighted by Gasteiger charge is -2.31. The molecule has 2 aromatic rings. The summed E-state index contributed by atoms with van der Waals surface area (Å²) in [5.41, 5.74) is 3.35. The van der Waals surface area contributed by atoms with Crippen LogP contribution < -0.4 is 5.32 Å². The lowest BCUT2D eigenvalue weighted by molar-refractivity contribution is -0.120. The zero-order valence-corrected chi connectivity index (χ0v) is 18.7. The minimum absolute atomic E-state index is 0.154. The number of rotatable bonds is 5. The number of aryl methyl sites for hydroxylation is 2. The molecule has 3 rings (SSSR count). The smallest absolute Gasteiger partial charge is 0.228 e. The maximum atomic E-state index is 12.9. The van der Waals surface area contributed by atoms with E-state index in [2.05, 4.69) is 5.32 Å². The topological polar surface area (TPSA) is 66.5 Å². The fourth-order valence-corrected chi connectivity index (χ4v) is 5.78. The van der Waals surface area contributed by atoms with Crippen molar-refractivity contribution in [3.05, 3.63) is 63.1 Å². The van der Waals surface area contributed by atoms with Crippen molar-refractivity contribution in [2.45, 2.75) is 32.4 Å². The summed E-state index contributed by atoms with van der Waals surface area (Å²) in [5, 5.41) is 3.56. The summed E-state index contributed by atoms with van der Waals surface area (Å²) in [4.78, 5) is 12.7. The third kappa shape index (κ3) is 5.31. The molecule has 0 aromatic heterocycles. The summed E-state index contributed by atoms with van der Waals surface area (Å²) in [6, 6.07) is 10.6. The predicted molar refractivity (Wildman–Crippen MR) is 118 cm³/mol. The van der Waals surface area contributed by atoms with Crippen molar-refractivity contribution in [2.24, 2.45) is 5.92 Å². The number of benzene rings is 2. The van der Waals surface area contributed by atoms with Gasteiger partial charge in [-0.25, -0.2) is 12.7 Å². The molecule has 5 nitrogen and oxygen atoms in total. The van der Waals surface area contributed by atoms with E-state index in [9.17, 15) is 13.2 Å². The lowest BCUT2D eigenvalue weighted by Crippen LogP contribution is -2.44. The number of hydrogen-bond acceptors (Lipinski definition) is 3. The first kappa shape index (κ1) is 22.1. The Morgan fingerprint density at radius 3 is 2.48 bits per heavy atom. The Balaban J connectivity index is 1.70. The molecule has 2 aromatic carbocycles. The molecule has 1 heterocycles. The van der Waals surface area contributed by atoms with Crippen LogP contribution in [0.4, 0.5) is 5.69 Å². The molecular weight excluding hydrogens is 431 g/mol. The molecule has 1 aliphatic rings. The van der Waals surface area contributed by atoms with Gasteiger partial charge in [0.15, 0.2) is 0 Å². The number of halogens is 2. The summed E-state index contributed by atoms with van der Waals surface area (Å²) in [5.74, 6) is -0.845. The Kier molecular flexibility index (Phi) is 6.89. The molecule has 1 amide bonds. The van der Waals surface area contributed by atoms with Crippen LogP contribution in [0.3, 0.4) is 0 Å². The first-order valence-corrected chi connectivity index (χ1v) is 11.8. The van der Waals surface area contributed by atoms with Crippen LogP contribution in [0.1, 0.15) is 29.5 Å². The molecule has 0 radical (unpaired) electrons. The average Bonchev–Trinajstić information content (AvgIpc) is 2.68. The van der Waals surface area contributed by atoms with E-state index in [0.717, 1.165) is 16.8 Å². The second-order valence-corrected chi connectivity index (χ2v) is 10.2. The SMILES string of the molecule is Cc1ccc(NC(=O)C2CCCN(S(=O)(=O)Cc3c(Cl)cccc3Cl)C2)cc1C. The Labute approximate surface area is 182 Å². The van der Waals surface area contributed by atoms with Gasteiger partial charge in [-0.05, 0) is 62.1 Å². The van der Waals surface area contributed by atoms with E-state index in [1.165, 1.54) is 4.31 Å². The van der Waals surface area contributed by atoms with Gasteiger partial charge in [0.05, 0.1) is 11.7 Å².